The van der Waals surface area contributed by atoms with Crippen molar-refractivity contribution < 1.29 is 23.1 Å². The van der Waals surface area contributed by atoms with Gasteiger partial charge >= 0.3 is 13.7 Å². The van der Waals surface area contributed by atoms with Crippen molar-refractivity contribution in [2.45, 2.75) is 19.6 Å². The van der Waals surface area contributed by atoms with Crippen LogP contribution >= 0.6 is 46.3 Å². The lowest BCUT2D eigenvalue weighted by molar-refractivity contribution is -0.146. The summed E-state index contributed by atoms with van der Waals surface area (Å²) < 4.78 is 32.9. The molecule has 2 atom stereocenters. The van der Waals surface area contributed by atoms with Crippen LogP contribution in [0.5, 0.6) is 11.5 Å². The van der Waals surface area contributed by atoms with Crippen LogP contribution in [0.3, 0.4) is 0 Å². The summed E-state index contributed by atoms with van der Waals surface area (Å²) in [7, 11) is -4.10. The van der Waals surface area contributed by atoms with Gasteiger partial charge in [0.2, 0.25) is 0 Å². The summed E-state index contributed by atoms with van der Waals surface area (Å²) in [6.07, 6.45) is 0. The van der Waals surface area contributed by atoms with Gasteiger partial charge in [0.1, 0.15) is 24.1 Å². The van der Waals surface area contributed by atoms with Crippen LogP contribution in [0.15, 0.2) is 95.5 Å². The molecule has 35 heavy (non-hydrogen) atoms. The number of hydrogen-bond donors (Lipinski definition) is 1. The predicted octanol–water partition coefficient (Wildman–Crippen LogP) is 7.49. The van der Waals surface area contributed by atoms with Crippen molar-refractivity contribution in [3.63, 3.8) is 0 Å². The molecule has 1 N–H and O–H groups in total. The Labute approximate surface area is 225 Å². The van der Waals surface area contributed by atoms with Gasteiger partial charge in [-0.15, -0.1) is 0 Å². The molecule has 0 amide bonds. The summed E-state index contributed by atoms with van der Waals surface area (Å²) in [4.78, 5) is 12.7. The Morgan fingerprint density at radius 1 is 0.943 bits per heavy atom. The minimum absolute atomic E-state index is 0.101. The Bertz CT molecular complexity index is 1380. The summed E-state index contributed by atoms with van der Waals surface area (Å²) in [5.41, 5.74) is 0.849. The van der Waals surface area contributed by atoms with Gasteiger partial charge in [-0.1, -0.05) is 66.7 Å². The van der Waals surface area contributed by atoms with Crippen LogP contribution in [0.2, 0.25) is 0 Å². The highest BCUT2D eigenvalue weighted by Gasteiger charge is 2.35. The second-order valence-electron chi connectivity index (χ2n) is 7.68. The maximum atomic E-state index is 14.0. The van der Waals surface area contributed by atoms with Crippen molar-refractivity contribution in [2.24, 2.45) is 0 Å². The molecule has 0 spiro atoms. The maximum Gasteiger partial charge on any atom is 0.513 e. The van der Waals surface area contributed by atoms with Gasteiger partial charge in [-0.05, 0) is 80.7 Å². The lowest BCUT2D eigenvalue weighted by Crippen LogP contribution is -2.35. The van der Waals surface area contributed by atoms with Gasteiger partial charge in [-0.3, -0.25) is 4.79 Å². The smallest absolute Gasteiger partial charge is 0.460 e. The molecule has 9 heteroatoms. The third-order valence-electron chi connectivity index (χ3n) is 5.01. The van der Waals surface area contributed by atoms with Crippen molar-refractivity contribution in [1.29, 1.82) is 0 Å². The molecule has 4 aromatic rings. The Kier molecular flexibility index (Phi) is 8.49. The Balaban J connectivity index is 1.59. The third kappa shape index (κ3) is 6.85. The van der Waals surface area contributed by atoms with Crippen LogP contribution in [0, 0.1) is 3.57 Å². The van der Waals surface area contributed by atoms with E-state index in [1.54, 1.807) is 25.1 Å². The largest absolute Gasteiger partial charge is 0.513 e. The summed E-state index contributed by atoms with van der Waals surface area (Å²) in [6.45, 7) is 1.66. The van der Waals surface area contributed by atoms with Crippen molar-refractivity contribution >= 4 is 63.0 Å². The van der Waals surface area contributed by atoms with Crippen molar-refractivity contribution in [3.8, 4) is 11.5 Å². The average molecular weight is 666 g/mol. The number of rotatable bonds is 9. The van der Waals surface area contributed by atoms with Crippen LogP contribution in [0.25, 0.3) is 10.8 Å². The molecule has 180 valence electrons. The molecule has 4 rings (SSSR count). The number of nitrogens with one attached hydrogen (secondary N) is 1. The zero-order valence-corrected chi connectivity index (χ0v) is 23.3. The SMILES string of the molecule is C[C@H](NP(=O)(Oc1ccc(I)cc1Br)Oc1cccc2ccccc12)C(=O)OCc1ccccc1. The molecule has 0 heterocycles. The number of hydrogen-bond acceptors (Lipinski definition) is 5. The molecule has 0 aliphatic carbocycles. The summed E-state index contributed by atoms with van der Waals surface area (Å²) in [5.74, 6) is 0.0950. The van der Waals surface area contributed by atoms with Gasteiger partial charge in [0.15, 0.2) is 0 Å². The number of carbonyl (C=O) groups is 1. The molecule has 1 unspecified atom stereocenters. The van der Waals surface area contributed by atoms with Crippen LogP contribution in [0.4, 0.5) is 0 Å². The fourth-order valence-electron chi connectivity index (χ4n) is 3.30. The molecule has 0 aliphatic heterocycles. The number of benzene rings is 4. The second-order valence-corrected chi connectivity index (χ2v) is 11.4. The number of carbonyl (C=O) groups excluding carboxylic acids is 1. The van der Waals surface area contributed by atoms with E-state index in [0.717, 1.165) is 19.9 Å². The fraction of sp³-hybridized carbons (Fsp3) is 0.115. The van der Waals surface area contributed by atoms with E-state index in [4.69, 9.17) is 13.8 Å². The van der Waals surface area contributed by atoms with Crippen LogP contribution < -0.4 is 14.1 Å². The summed E-state index contributed by atoms with van der Waals surface area (Å²) in [5, 5.41) is 4.43. The summed E-state index contributed by atoms with van der Waals surface area (Å²) >= 11 is 5.61. The number of halogens is 2. The Morgan fingerprint density at radius 3 is 2.40 bits per heavy atom. The number of ether oxygens (including phenoxy) is 1. The second kappa shape index (κ2) is 11.6. The van der Waals surface area contributed by atoms with E-state index in [0.29, 0.717) is 16.0 Å². The first-order chi connectivity index (χ1) is 16.8. The van der Waals surface area contributed by atoms with Crippen LogP contribution in [-0.2, 0) is 20.7 Å². The van der Waals surface area contributed by atoms with E-state index in [-0.39, 0.29) is 6.61 Å². The van der Waals surface area contributed by atoms with Gasteiger partial charge in [-0.25, -0.2) is 4.57 Å². The molecule has 0 aliphatic rings. The first-order valence-electron chi connectivity index (χ1n) is 10.7. The zero-order valence-electron chi connectivity index (χ0n) is 18.7. The van der Waals surface area contributed by atoms with E-state index in [1.165, 1.54) is 0 Å². The summed E-state index contributed by atoms with van der Waals surface area (Å²) in [6, 6.07) is 26.7. The molecule has 0 aromatic heterocycles. The lowest BCUT2D eigenvalue weighted by Gasteiger charge is -2.24. The number of fused-ring (bicyclic) bond motifs is 1. The molecule has 6 nitrogen and oxygen atoms in total. The monoisotopic (exact) mass is 665 g/mol. The molecule has 4 aromatic carbocycles. The Morgan fingerprint density at radius 2 is 1.63 bits per heavy atom. The van der Waals surface area contributed by atoms with E-state index in [2.05, 4.69) is 43.6 Å². The van der Waals surface area contributed by atoms with Crippen molar-refractivity contribution in [2.75, 3.05) is 0 Å². The van der Waals surface area contributed by atoms with E-state index in [9.17, 15) is 9.36 Å². The lowest BCUT2D eigenvalue weighted by atomic mass is 10.1. The maximum absolute atomic E-state index is 14.0. The van der Waals surface area contributed by atoms with Crippen molar-refractivity contribution in [3.05, 3.63) is 105 Å². The molecule has 0 saturated carbocycles. The minimum Gasteiger partial charge on any atom is -0.460 e. The number of esters is 1. The zero-order chi connectivity index (χ0) is 24.8. The molecular weight excluding hydrogens is 644 g/mol. The highest BCUT2D eigenvalue weighted by Crippen LogP contribution is 2.48. The topological polar surface area (TPSA) is 73.9 Å². The first kappa shape index (κ1) is 25.7. The average Bonchev–Trinajstić information content (AvgIpc) is 2.85. The highest BCUT2D eigenvalue weighted by atomic mass is 127. The Hall–Kier alpha value is -2.39. The quantitative estimate of drug-likeness (QED) is 0.113. The van der Waals surface area contributed by atoms with Crippen LogP contribution in [-0.4, -0.2) is 12.0 Å². The fourth-order valence-corrected chi connectivity index (χ4v) is 6.36. The van der Waals surface area contributed by atoms with Gasteiger partial charge in [0.25, 0.3) is 0 Å². The standard InChI is InChI=1S/C26H22BrINO5P/c1-18(26(30)32-17-19-8-3-2-4-9-19)29-35(31,34-25-15-14-21(28)16-23(25)27)33-24-13-7-11-20-10-5-6-12-22(20)24/h2-16,18H,17H2,1H3,(H,29,31)/t18-,35?/m0/s1. The van der Waals surface area contributed by atoms with E-state index in [1.807, 2.05) is 72.8 Å². The molecule has 0 fully saturated rings. The van der Waals surface area contributed by atoms with Gasteiger partial charge in [0, 0.05) is 8.96 Å². The van der Waals surface area contributed by atoms with Gasteiger partial charge in [0.05, 0.1) is 4.47 Å². The first-order valence-corrected chi connectivity index (χ1v) is 14.1. The van der Waals surface area contributed by atoms with Gasteiger partial charge < -0.3 is 13.8 Å². The molecule has 0 saturated heterocycles. The van der Waals surface area contributed by atoms with Crippen LogP contribution in [0.1, 0.15) is 12.5 Å². The highest BCUT2D eigenvalue weighted by molar-refractivity contribution is 14.1. The third-order valence-corrected chi connectivity index (χ3v) is 7.88. The van der Waals surface area contributed by atoms with E-state index >= 15 is 0 Å². The molecular formula is C26H22BrINO5P. The van der Waals surface area contributed by atoms with E-state index < -0.39 is 19.8 Å². The molecule has 0 radical (unpaired) electrons. The minimum atomic E-state index is -4.10. The predicted molar refractivity (Wildman–Crippen MR) is 149 cm³/mol. The van der Waals surface area contributed by atoms with Gasteiger partial charge in [-0.2, -0.15) is 5.09 Å². The van der Waals surface area contributed by atoms with Crippen molar-refractivity contribution in [1.82, 2.24) is 5.09 Å². The normalized spacial score (nSPS) is 13.6. The molecule has 0 bridgehead atoms.